The van der Waals surface area contributed by atoms with E-state index in [1.165, 1.54) is 10.4 Å². The van der Waals surface area contributed by atoms with Gasteiger partial charge in [-0.05, 0) is 23.6 Å². The van der Waals surface area contributed by atoms with Crippen LogP contribution in [-0.4, -0.2) is 19.4 Å². The van der Waals surface area contributed by atoms with E-state index in [1.807, 2.05) is 12.1 Å². The maximum absolute atomic E-state index is 10.2. The van der Waals surface area contributed by atoms with E-state index in [0.717, 1.165) is 11.3 Å². The topological polar surface area (TPSA) is 29.5 Å². The standard InChI is InChI=1S/C24H28O2Si/c1-24(2,3)22-17-19(15-16-23(22)25)26-18-27(4,20-11-7-5-8-12-20)21-13-9-6-10-14-21/h5-17,25H,18H2,1-4H3. The number of phenols is 1. The lowest BCUT2D eigenvalue weighted by atomic mass is 9.86. The predicted molar refractivity (Wildman–Crippen MR) is 116 cm³/mol. The number of ether oxygens (including phenoxy) is 1. The summed E-state index contributed by atoms with van der Waals surface area (Å²) in [6.07, 6.45) is 0.648. The second-order valence-corrected chi connectivity index (χ2v) is 12.4. The van der Waals surface area contributed by atoms with Gasteiger partial charge in [-0.2, -0.15) is 0 Å². The van der Waals surface area contributed by atoms with Crippen LogP contribution in [0.4, 0.5) is 0 Å². The van der Waals surface area contributed by atoms with Crippen molar-refractivity contribution in [3.63, 3.8) is 0 Å². The molecule has 0 aliphatic carbocycles. The van der Waals surface area contributed by atoms with E-state index in [0.29, 0.717) is 12.0 Å². The quantitative estimate of drug-likeness (QED) is 0.664. The highest BCUT2D eigenvalue weighted by atomic mass is 28.3. The van der Waals surface area contributed by atoms with Gasteiger partial charge in [-0.25, -0.2) is 0 Å². The lowest BCUT2D eigenvalue weighted by Crippen LogP contribution is -2.60. The molecule has 3 aromatic rings. The van der Waals surface area contributed by atoms with Gasteiger partial charge in [0, 0.05) is 5.56 Å². The van der Waals surface area contributed by atoms with Crippen LogP contribution in [0, 0.1) is 0 Å². The molecule has 0 aromatic heterocycles. The minimum atomic E-state index is -2.05. The summed E-state index contributed by atoms with van der Waals surface area (Å²) in [4.78, 5) is 0. The third-order valence-corrected chi connectivity index (χ3v) is 9.06. The van der Waals surface area contributed by atoms with E-state index < -0.39 is 8.07 Å². The lowest BCUT2D eigenvalue weighted by molar-refractivity contribution is 0.375. The van der Waals surface area contributed by atoms with Gasteiger partial charge >= 0.3 is 0 Å². The van der Waals surface area contributed by atoms with Crippen molar-refractivity contribution in [2.45, 2.75) is 32.7 Å². The van der Waals surface area contributed by atoms with Crippen molar-refractivity contribution in [3.8, 4) is 11.5 Å². The van der Waals surface area contributed by atoms with Crippen LogP contribution in [0.5, 0.6) is 11.5 Å². The third-order valence-electron chi connectivity index (χ3n) is 5.13. The van der Waals surface area contributed by atoms with Gasteiger partial charge in [-0.1, -0.05) is 98.4 Å². The zero-order chi connectivity index (χ0) is 19.5. The Kier molecular flexibility index (Phi) is 5.42. The van der Waals surface area contributed by atoms with Crippen molar-refractivity contribution >= 4 is 18.4 Å². The molecule has 0 bridgehead atoms. The summed E-state index contributed by atoms with van der Waals surface area (Å²) in [5.74, 6) is 1.13. The molecule has 0 saturated carbocycles. The van der Waals surface area contributed by atoms with Crippen LogP contribution in [0.1, 0.15) is 26.3 Å². The highest BCUT2D eigenvalue weighted by Gasteiger charge is 2.33. The molecule has 0 aliphatic heterocycles. The summed E-state index contributed by atoms with van der Waals surface area (Å²) in [6, 6.07) is 26.9. The monoisotopic (exact) mass is 376 g/mol. The van der Waals surface area contributed by atoms with Gasteiger partial charge in [0.15, 0.2) is 8.07 Å². The van der Waals surface area contributed by atoms with E-state index in [2.05, 4.69) is 88.0 Å². The summed E-state index contributed by atoms with van der Waals surface area (Å²) in [5.41, 5.74) is 0.769. The van der Waals surface area contributed by atoms with Crippen LogP contribution < -0.4 is 15.1 Å². The smallest absolute Gasteiger partial charge is 0.156 e. The minimum Gasteiger partial charge on any atom is -0.508 e. The second-order valence-electron chi connectivity index (χ2n) is 8.28. The van der Waals surface area contributed by atoms with Crippen molar-refractivity contribution < 1.29 is 9.84 Å². The Morgan fingerprint density at radius 1 is 0.815 bits per heavy atom. The Morgan fingerprint density at radius 3 is 1.81 bits per heavy atom. The van der Waals surface area contributed by atoms with E-state index in [9.17, 15) is 5.11 Å². The van der Waals surface area contributed by atoms with Crippen molar-refractivity contribution in [1.29, 1.82) is 0 Å². The van der Waals surface area contributed by atoms with Crippen LogP contribution in [0.25, 0.3) is 0 Å². The molecular formula is C24H28O2Si. The predicted octanol–water partition coefficient (Wildman–Crippen LogP) is 4.50. The molecule has 0 atom stereocenters. The van der Waals surface area contributed by atoms with Gasteiger partial charge in [0.2, 0.25) is 0 Å². The van der Waals surface area contributed by atoms with Gasteiger partial charge in [0.05, 0.1) is 6.23 Å². The van der Waals surface area contributed by atoms with Crippen molar-refractivity contribution in [2.75, 3.05) is 6.23 Å². The first-order valence-corrected chi connectivity index (χ1v) is 12.1. The summed E-state index contributed by atoms with van der Waals surface area (Å²) < 4.78 is 6.32. The number of aromatic hydroxyl groups is 1. The summed E-state index contributed by atoms with van der Waals surface area (Å²) in [6.45, 7) is 8.64. The Balaban J connectivity index is 1.93. The molecular weight excluding hydrogens is 348 g/mol. The van der Waals surface area contributed by atoms with Crippen LogP contribution in [0.3, 0.4) is 0 Å². The Labute approximate surface area is 163 Å². The molecule has 0 radical (unpaired) electrons. The van der Waals surface area contributed by atoms with Crippen molar-refractivity contribution in [1.82, 2.24) is 0 Å². The normalized spacial score (nSPS) is 12.0. The van der Waals surface area contributed by atoms with Crippen LogP contribution in [0.15, 0.2) is 78.9 Å². The summed E-state index contributed by atoms with van der Waals surface area (Å²) in [7, 11) is -2.05. The Morgan fingerprint density at radius 2 is 1.33 bits per heavy atom. The van der Waals surface area contributed by atoms with E-state index in [1.54, 1.807) is 6.07 Å². The highest BCUT2D eigenvalue weighted by Crippen LogP contribution is 2.33. The molecule has 2 nitrogen and oxygen atoms in total. The van der Waals surface area contributed by atoms with E-state index in [4.69, 9.17) is 4.74 Å². The zero-order valence-electron chi connectivity index (χ0n) is 16.6. The molecule has 27 heavy (non-hydrogen) atoms. The van der Waals surface area contributed by atoms with Gasteiger partial charge in [0.25, 0.3) is 0 Å². The first kappa shape index (κ1) is 19.2. The molecule has 0 fully saturated rings. The van der Waals surface area contributed by atoms with Crippen LogP contribution in [-0.2, 0) is 5.41 Å². The molecule has 0 unspecified atom stereocenters. The number of rotatable bonds is 5. The molecule has 0 spiro atoms. The van der Waals surface area contributed by atoms with Crippen molar-refractivity contribution in [2.24, 2.45) is 0 Å². The Hall–Kier alpha value is -2.52. The average molecular weight is 377 g/mol. The molecule has 3 heteroatoms. The van der Waals surface area contributed by atoms with E-state index >= 15 is 0 Å². The number of hydrogen-bond donors (Lipinski definition) is 1. The fourth-order valence-electron chi connectivity index (χ4n) is 3.38. The fourth-order valence-corrected chi connectivity index (χ4v) is 6.36. The first-order chi connectivity index (χ1) is 12.8. The number of hydrogen-bond acceptors (Lipinski definition) is 2. The van der Waals surface area contributed by atoms with Crippen LogP contribution in [0.2, 0.25) is 6.55 Å². The Bertz CT molecular complexity index is 844. The average Bonchev–Trinajstić information content (AvgIpc) is 2.67. The highest BCUT2D eigenvalue weighted by molar-refractivity contribution is 7.01. The van der Waals surface area contributed by atoms with Gasteiger partial charge in [-0.15, -0.1) is 0 Å². The number of phenolic OH excluding ortho intramolecular Hbond substituents is 1. The SMILES string of the molecule is CC(C)(C)c1cc(OC[Si](C)(c2ccccc2)c2ccccc2)ccc1O. The minimum absolute atomic E-state index is 0.136. The molecule has 0 heterocycles. The van der Waals surface area contributed by atoms with Crippen LogP contribution >= 0.6 is 0 Å². The summed E-state index contributed by atoms with van der Waals surface area (Å²) >= 11 is 0. The van der Waals surface area contributed by atoms with Crippen molar-refractivity contribution in [3.05, 3.63) is 84.4 Å². The van der Waals surface area contributed by atoms with E-state index in [-0.39, 0.29) is 5.41 Å². The van der Waals surface area contributed by atoms with Gasteiger partial charge in [0.1, 0.15) is 11.5 Å². The summed E-state index contributed by atoms with van der Waals surface area (Å²) in [5, 5.41) is 12.9. The van der Waals surface area contributed by atoms with Gasteiger partial charge < -0.3 is 9.84 Å². The second kappa shape index (κ2) is 7.61. The first-order valence-electron chi connectivity index (χ1n) is 9.38. The maximum Gasteiger partial charge on any atom is 0.156 e. The molecule has 3 rings (SSSR count). The molecule has 0 amide bonds. The molecule has 1 N–H and O–H groups in total. The number of benzene rings is 3. The maximum atomic E-state index is 10.2. The fraction of sp³-hybridized carbons (Fsp3) is 0.250. The zero-order valence-corrected chi connectivity index (χ0v) is 17.6. The third kappa shape index (κ3) is 4.25. The molecule has 3 aromatic carbocycles. The molecule has 0 aliphatic rings. The molecule has 0 saturated heterocycles. The lowest BCUT2D eigenvalue weighted by Gasteiger charge is -2.29. The van der Waals surface area contributed by atoms with Gasteiger partial charge in [-0.3, -0.25) is 0 Å². The largest absolute Gasteiger partial charge is 0.508 e. The molecule has 140 valence electrons.